The number of amides is 1. The second-order valence-electron chi connectivity index (χ2n) is 5.80. The van der Waals surface area contributed by atoms with Crippen molar-refractivity contribution >= 4 is 22.9 Å². The van der Waals surface area contributed by atoms with Gasteiger partial charge in [0.25, 0.3) is 5.91 Å². The van der Waals surface area contributed by atoms with Gasteiger partial charge in [0.2, 0.25) is 0 Å². The van der Waals surface area contributed by atoms with Gasteiger partial charge in [0.15, 0.2) is 5.65 Å². The number of nitrogens with one attached hydrogen (secondary N) is 1. The summed E-state index contributed by atoms with van der Waals surface area (Å²) in [5.41, 5.74) is 1.79. The van der Waals surface area contributed by atoms with Crippen LogP contribution in [0.5, 0.6) is 0 Å². The number of rotatable bonds is 5. The molecule has 2 rings (SSSR count). The van der Waals surface area contributed by atoms with Gasteiger partial charge in [0.1, 0.15) is 6.04 Å². The Morgan fingerprint density at radius 2 is 2.09 bits per heavy atom. The maximum Gasteiger partial charge on any atom is 0.326 e. The third-order valence-corrected chi connectivity index (χ3v) is 3.44. The molecule has 0 bridgehead atoms. The lowest BCUT2D eigenvalue weighted by molar-refractivity contribution is -0.139. The van der Waals surface area contributed by atoms with E-state index < -0.39 is 17.9 Å². The number of carboxylic acid groups (broad SMARTS) is 1. The van der Waals surface area contributed by atoms with Crippen molar-refractivity contribution in [3.63, 3.8) is 0 Å². The van der Waals surface area contributed by atoms with E-state index in [1.807, 2.05) is 20.8 Å². The summed E-state index contributed by atoms with van der Waals surface area (Å²) in [4.78, 5) is 27.7. The smallest absolute Gasteiger partial charge is 0.326 e. The largest absolute Gasteiger partial charge is 0.480 e. The Hall–Kier alpha value is -2.44. The predicted octanol–water partition coefficient (Wildman–Crippen LogP) is 1.51. The fraction of sp³-hybridized carbons (Fsp3) is 0.467. The lowest BCUT2D eigenvalue weighted by Crippen LogP contribution is -2.41. The van der Waals surface area contributed by atoms with Crippen LogP contribution in [-0.4, -0.2) is 37.8 Å². The van der Waals surface area contributed by atoms with Gasteiger partial charge in [-0.05, 0) is 25.3 Å². The van der Waals surface area contributed by atoms with Gasteiger partial charge in [-0.2, -0.15) is 5.10 Å². The Bertz CT molecular complexity index is 721. The minimum absolute atomic E-state index is 0.169. The highest BCUT2D eigenvalue weighted by Gasteiger charge is 2.22. The molecule has 0 saturated carbocycles. The molecule has 2 aromatic heterocycles. The monoisotopic (exact) mass is 304 g/mol. The summed E-state index contributed by atoms with van der Waals surface area (Å²) in [6, 6.07) is 0.784. The van der Waals surface area contributed by atoms with Gasteiger partial charge in [-0.3, -0.25) is 9.48 Å². The molecule has 7 nitrogen and oxygen atoms in total. The third kappa shape index (κ3) is 3.24. The first kappa shape index (κ1) is 15.9. The number of fused-ring (bicyclic) bond motifs is 1. The number of hydrogen-bond donors (Lipinski definition) is 2. The number of carbonyl (C=O) groups excluding carboxylic acids is 1. The highest BCUT2D eigenvalue weighted by molar-refractivity contribution is 5.99. The molecular weight excluding hydrogens is 284 g/mol. The molecule has 7 heteroatoms. The quantitative estimate of drug-likeness (QED) is 0.872. The van der Waals surface area contributed by atoms with Crippen LogP contribution in [0.25, 0.3) is 11.0 Å². The summed E-state index contributed by atoms with van der Waals surface area (Å²) in [7, 11) is 1.78. The first-order valence-electron chi connectivity index (χ1n) is 7.12. The highest BCUT2D eigenvalue weighted by Crippen LogP contribution is 2.16. The number of hydrogen-bond acceptors (Lipinski definition) is 4. The van der Waals surface area contributed by atoms with Crippen LogP contribution in [0.4, 0.5) is 0 Å². The normalized spacial score (nSPS) is 12.6. The molecule has 0 radical (unpaired) electrons. The fourth-order valence-electron chi connectivity index (χ4n) is 2.37. The Morgan fingerprint density at radius 3 is 2.68 bits per heavy atom. The van der Waals surface area contributed by atoms with E-state index in [2.05, 4.69) is 15.4 Å². The molecular formula is C15H20N4O3. The molecule has 0 aliphatic heterocycles. The Balaban J connectivity index is 2.25. The van der Waals surface area contributed by atoms with Crippen molar-refractivity contribution in [1.29, 1.82) is 0 Å². The van der Waals surface area contributed by atoms with Crippen molar-refractivity contribution in [2.75, 3.05) is 0 Å². The van der Waals surface area contributed by atoms with E-state index in [9.17, 15) is 14.7 Å². The molecule has 0 aromatic carbocycles. The molecule has 2 aromatic rings. The molecule has 0 spiro atoms. The van der Waals surface area contributed by atoms with E-state index in [-0.39, 0.29) is 5.92 Å². The highest BCUT2D eigenvalue weighted by atomic mass is 16.4. The van der Waals surface area contributed by atoms with Gasteiger partial charge in [0.05, 0.1) is 11.3 Å². The summed E-state index contributed by atoms with van der Waals surface area (Å²) in [6.45, 7) is 5.66. The zero-order valence-corrected chi connectivity index (χ0v) is 13.1. The average Bonchev–Trinajstić information content (AvgIpc) is 2.72. The van der Waals surface area contributed by atoms with E-state index >= 15 is 0 Å². The summed E-state index contributed by atoms with van der Waals surface area (Å²) in [5.74, 6) is -1.30. The van der Waals surface area contributed by atoms with Crippen LogP contribution >= 0.6 is 0 Å². The van der Waals surface area contributed by atoms with E-state index in [1.165, 1.54) is 6.20 Å². The van der Waals surface area contributed by atoms with Crippen LogP contribution in [0.3, 0.4) is 0 Å². The molecule has 0 saturated heterocycles. The molecule has 118 valence electrons. The summed E-state index contributed by atoms with van der Waals surface area (Å²) >= 11 is 0. The van der Waals surface area contributed by atoms with Crippen molar-refractivity contribution in [2.24, 2.45) is 13.0 Å². The second-order valence-corrected chi connectivity index (χ2v) is 5.80. The summed E-state index contributed by atoms with van der Waals surface area (Å²) in [6.07, 6.45) is 1.82. The summed E-state index contributed by atoms with van der Waals surface area (Å²) in [5, 5.41) is 16.8. The van der Waals surface area contributed by atoms with Crippen LogP contribution in [-0.2, 0) is 11.8 Å². The molecule has 0 fully saturated rings. The number of pyridine rings is 1. The van der Waals surface area contributed by atoms with Crippen LogP contribution in [0.1, 0.15) is 36.3 Å². The lowest BCUT2D eigenvalue weighted by Gasteiger charge is -2.16. The molecule has 1 amide bonds. The Morgan fingerprint density at radius 1 is 1.41 bits per heavy atom. The van der Waals surface area contributed by atoms with Crippen LogP contribution in [0.2, 0.25) is 0 Å². The maximum atomic E-state index is 12.3. The molecule has 22 heavy (non-hydrogen) atoms. The predicted molar refractivity (Wildman–Crippen MR) is 81.6 cm³/mol. The van der Waals surface area contributed by atoms with Gasteiger partial charge in [0, 0.05) is 18.6 Å². The first-order valence-corrected chi connectivity index (χ1v) is 7.12. The van der Waals surface area contributed by atoms with Crippen molar-refractivity contribution in [3.8, 4) is 0 Å². The first-order chi connectivity index (χ1) is 10.3. The van der Waals surface area contributed by atoms with Crippen LogP contribution < -0.4 is 5.32 Å². The molecule has 2 heterocycles. The zero-order valence-electron chi connectivity index (χ0n) is 13.1. The minimum atomic E-state index is -1.03. The molecule has 1 atom stereocenters. The summed E-state index contributed by atoms with van der Waals surface area (Å²) < 4.78 is 1.64. The number of carbonyl (C=O) groups is 2. The van der Waals surface area contributed by atoms with E-state index in [0.29, 0.717) is 17.6 Å². The fourth-order valence-corrected chi connectivity index (χ4v) is 2.37. The van der Waals surface area contributed by atoms with Crippen molar-refractivity contribution < 1.29 is 14.7 Å². The number of aromatic nitrogens is 3. The van der Waals surface area contributed by atoms with E-state index in [1.54, 1.807) is 17.8 Å². The minimum Gasteiger partial charge on any atom is -0.480 e. The number of nitrogens with zero attached hydrogens (tertiary/aromatic N) is 3. The Labute approximate surface area is 128 Å². The van der Waals surface area contributed by atoms with Crippen molar-refractivity contribution in [2.45, 2.75) is 33.2 Å². The SMILES string of the molecule is Cc1nn(C)c2ncc(C(=O)NC(CC(C)C)C(=O)O)cc12. The number of aliphatic carboxylic acids is 1. The number of carboxylic acids is 1. The lowest BCUT2D eigenvalue weighted by atomic mass is 10.0. The standard InChI is InChI=1S/C15H20N4O3/c1-8(2)5-12(15(21)22)17-14(20)10-6-11-9(3)18-19(4)13(11)16-7-10/h6-8,12H,5H2,1-4H3,(H,17,20)(H,21,22). The van der Waals surface area contributed by atoms with E-state index in [4.69, 9.17) is 0 Å². The third-order valence-electron chi connectivity index (χ3n) is 3.44. The molecule has 1 unspecified atom stereocenters. The molecule has 0 aliphatic carbocycles. The van der Waals surface area contributed by atoms with Crippen LogP contribution in [0.15, 0.2) is 12.3 Å². The molecule has 2 N–H and O–H groups in total. The van der Waals surface area contributed by atoms with E-state index in [0.717, 1.165) is 11.1 Å². The Kier molecular flexibility index (Phi) is 4.44. The van der Waals surface area contributed by atoms with Gasteiger partial charge >= 0.3 is 5.97 Å². The van der Waals surface area contributed by atoms with Gasteiger partial charge in [-0.25, -0.2) is 9.78 Å². The average molecular weight is 304 g/mol. The maximum absolute atomic E-state index is 12.3. The van der Waals surface area contributed by atoms with Crippen molar-refractivity contribution in [3.05, 3.63) is 23.5 Å². The zero-order chi connectivity index (χ0) is 16.4. The number of aryl methyl sites for hydroxylation is 2. The topological polar surface area (TPSA) is 97.1 Å². The second kappa shape index (κ2) is 6.13. The van der Waals surface area contributed by atoms with Crippen LogP contribution in [0, 0.1) is 12.8 Å². The van der Waals surface area contributed by atoms with Crippen molar-refractivity contribution in [1.82, 2.24) is 20.1 Å². The van der Waals surface area contributed by atoms with Gasteiger partial charge in [-0.15, -0.1) is 0 Å². The molecule has 0 aliphatic rings. The van der Waals surface area contributed by atoms with Gasteiger partial charge in [-0.1, -0.05) is 13.8 Å². The van der Waals surface area contributed by atoms with Gasteiger partial charge < -0.3 is 10.4 Å².